The fourth-order valence-corrected chi connectivity index (χ4v) is 3.01. The molecular formula is C13H23IN4S. The lowest BCUT2D eigenvalue weighted by atomic mass is 10.2. The molecule has 4 nitrogen and oxygen atoms in total. The highest BCUT2D eigenvalue weighted by atomic mass is 127. The zero-order chi connectivity index (χ0) is 12.8. The van der Waals surface area contributed by atoms with Gasteiger partial charge in [0.05, 0.1) is 6.54 Å². The Kier molecular flexibility index (Phi) is 7.67. The maximum atomic E-state index is 4.40. The molecule has 0 aliphatic heterocycles. The van der Waals surface area contributed by atoms with Crippen LogP contribution < -0.4 is 10.6 Å². The van der Waals surface area contributed by atoms with E-state index in [1.807, 2.05) is 13.2 Å². The van der Waals surface area contributed by atoms with Crippen LogP contribution in [0.5, 0.6) is 0 Å². The van der Waals surface area contributed by atoms with Crippen molar-refractivity contribution in [2.45, 2.75) is 51.6 Å². The van der Waals surface area contributed by atoms with Gasteiger partial charge >= 0.3 is 0 Å². The van der Waals surface area contributed by atoms with Crippen LogP contribution >= 0.6 is 35.3 Å². The van der Waals surface area contributed by atoms with Gasteiger partial charge in [-0.3, -0.25) is 4.99 Å². The average molecular weight is 394 g/mol. The summed E-state index contributed by atoms with van der Waals surface area (Å²) >= 11 is 1.77. The normalized spacial score (nSPS) is 16.2. The van der Waals surface area contributed by atoms with Gasteiger partial charge < -0.3 is 10.6 Å². The van der Waals surface area contributed by atoms with E-state index in [0.717, 1.165) is 23.9 Å². The highest BCUT2D eigenvalue weighted by Crippen LogP contribution is 2.17. The molecule has 0 unspecified atom stereocenters. The summed E-state index contributed by atoms with van der Waals surface area (Å²) in [4.78, 5) is 10.0. The third-order valence-electron chi connectivity index (χ3n) is 3.28. The topological polar surface area (TPSA) is 49.3 Å². The SMILES string of the molecule is CCc1cnc(CNC(=NC)NC2CCCC2)s1.I. The van der Waals surface area contributed by atoms with Crippen LogP contribution in [-0.2, 0) is 13.0 Å². The summed E-state index contributed by atoms with van der Waals surface area (Å²) in [5.74, 6) is 0.898. The molecule has 0 amide bonds. The van der Waals surface area contributed by atoms with Crippen molar-refractivity contribution in [3.63, 3.8) is 0 Å². The monoisotopic (exact) mass is 394 g/mol. The standard InChI is InChI=1S/C13H22N4S.HI/c1-3-11-8-15-12(18-11)9-16-13(14-2)17-10-6-4-5-7-10;/h8,10H,3-7,9H2,1-2H3,(H2,14,16,17);1H. The van der Waals surface area contributed by atoms with Gasteiger partial charge in [-0.25, -0.2) is 4.98 Å². The number of hydrogen-bond donors (Lipinski definition) is 2. The van der Waals surface area contributed by atoms with Crippen LogP contribution in [0.15, 0.2) is 11.2 Å². The van der Waals surface area contributed by atoms with Crippen molar-refractivity contribution in [2.24, 2.45) is 4.99 Å². The number of hydrogen-bond acceptors (Lipinski definition) is 3. The van der Waals surface area contributed by atoms with Gasteiger partial charge in [0.25, 0.3) is 0 Å². The number of guanidine groups is 1. The lowest BCUT2D eigenvalue weighted by molar-refractivity contribution is 0.613. The number of rotatable bonds is 4. The van der Waals surface area contributed by atoms with E-state index >= 15 is 0 Å². The molecule has 0 bridgehead atoms. The van der Waals surface area contributed by atoms with Crippen molar-refractivity contribution >= 4 is 41.3 Å². The second-order valence-corrected chi connectivity index (χ2v) is 5.83. The Labute approximate surface area is 136 Å². The minimum absolute atomic E-state index is 0. The molecule has 1 fully saturated rings. The van der Waals surface area contributed by atoms with E-state index in [1.54, 1.807) is 11.3 Å². The van der Waals surface area contributed by atoms with Crippen molar-refractivity contribution in [3.8, 4) is 0 Å². The highest BCUT2D eigenvalue weighted by molar-refractivity contribution is 14.0. The van der Waals surface area contributed by atoms with E-state index in [0.29, 0.717) is 6.04 Å². The van der Waals surface area contributed by atoms with E-state index in [9.17, 15) is 0 Å². The maximum Gasteiger partial charge on any atom is 0.191 e. The summed E-state index contributed by atoms with van der Waals surface area (Å²) < 4.78 is 0. The van der Waals surface area contributed by atoms with Gasteiger partial charge in [-0.05, 0) is 19.3 Å². The molecular weight excluding hydrogens is 371 g/mol. The van der Waals surface area contributed by atoms with Crippen LogP contribution in [-0.4, -0.2) is 24.0 Å². The quantitative estimate of drug-likeness (QED) is 0.469. The predicted molar refractivity (Wildman–Crippen MR) is 92.5 cm³/mol. The van der Waals surface area contributed by atoms with E-state index in [-0.39, 0.29) is 24.0 Å². The van der Waals surface area contributed by atoms with Crippen molar-refractivity contribution in [1.82, 2.24) is 15.6 Å². The summed E-state index contributed by atoms with van der Waals surface area (Å²) in [5.41, 5.74) is 0. The van der Waals surface area contributed by atoms with Crippen LogP contribution in [0, 0.1) is 0 Å². The molecule has 6 heteroatoms. The fourth-order valence-electron chi connectivity index (χ4n) is 2.21. The van der Waals surface area contributed by atoms with Gasteiger partial charge in [0, 0.05) is 24.2 Å². The molecule has 1 aliphatic rings. The van der Waals surface area contributed by atoms with Crippen molar-refractivity contribution < 1.29 is 0 Å². The first kappa shape index (κ1) is 16.7. The van der Waals surface area contributed by atoms with E-state index in [2.05, 4.69) is 27.5 Å². The Balaban J connectivity index is 0.00000180. The molecule has 2 rings (SSSR count). The Bertz CT molecular complexity index is 399. The number of thiazole rings is 1. The van der Waals surface area contributed by atoms with Crippen LogP contribution in [0.2, 0.25) is 0 Å². The van der Waals surface area contributed by atoms with Crippen LogP contribution in [0.25, 0.3) is 0 Å². The molecule has 1 heterocycles. The second kappa shape index (κ2) is 8.73. The first-order valence-electron chi connectivity index (χ1n) is 6.72. The van der Waals surface area contributed by atoms with Crippen molar-refractivity contribution in [3.05, 3.63) is 16.1 Å². The maximum absolute atomic E-state index is 4.40. The Morgan fingerprint density at radius 3 is 2.79 bits per heavy atom. The second-order valence-electron chi connectivity index (χ2n) is 4.63. The van der Waals surface area contributed by atoms with Gasteiger partial charge in [0.1, 0.15) is 5.01 Å². The number of aliphatic imine (C=N–C) groups is 1. The van der Waals surface area contributed by atoms with Gasteiger partial charge in [0.2, 0.25) is 0 Å². The number of halogens is 1. The third-order valence-corrected chi connectivity index (χ3v) is 4.42. The lowest BCUT2D eigenvalue weighted by Crippen LogP contribution is -2.41. The minimum atomic E-state index is 0. The van der Waals surface area contributed by atoms with Crippen molar-refractivity contribution in [1.29, 1.82) is 0 Å². The fraction of sp³-hybridized carbons (Fsp3) is 0.692. The largest absolute Gasteiger partial charge is 0.354 e. The molecule has 0 radical (unpaired) electrons. The smallest absolute Gasteiger partial charge is 0.191 e. The molecule has 1 saturated carbocycles. The zero-order valence-corrected chi connectivity index (χ0v) is 14.8. The van der Waals surface area contributed by atoms with Gasteiger partial charge in [0.15, 0.2) is 5.96 Å². The Hall–Kier alpha value is -0.370. The average Bonchev–Trinajstić information content (AvgIpc) is 3.05. The molecule has 0 spiro atoms. The van der Waals surface area contributed by atoms with E-state index in [1.165, 1.54) is 30.6 Å². The first-order valence-corrected chi connectivity index (χ1v) is 7.54. The first-order chi connectivity index (χ1) is 8.81. The molecule has 0 aromatic carbocycles. The summed E-state index contributed by atoms with van der Waals surface area (Å²) in [6, 6.07) is 0.596. The number of nitrogens with one attached hydrogen (secondary N) is 2. The predicted octanol–water partition coefficient (Wildman–Crippen LogP) is 2.93. The van der Waals surface area contributed by atoms with Crippen LogP contribution in [0.3, 0.4) is 0 Å². The summed E-state index contributed by atoms with van der Waals surface area (Å²) in [6.07, 6.45) is 8.22. The zero-order valence-electron chi connectivity index (χ0n) is 11.6. The molecule has 1 aromatic heterocycles. The molecule has 19 heavy (non-hydrogen) atoms. The molecule has 0 atom stereocenters. The molecule has 1 aliphatic carbocycles. The van der Waals surface area contributed by atoms with Gasteiger partial charge in [-0.1, -0.05) is 19.8 Å². The third kappa shape index (κ3) is 5.25. The molecule has 0 saturated heterocycles. The van der Waals surface area contributed by atoms with Gasteiger partial charge in [-0.15, -0.1) is 35.3 Å². The van der Waals surface area contributed by atoms with Gasteiger partial charge in [-0.2, -0.15) is 0 Å². The van der Waals surface area contributed by atoms with Crippen molar-refractivity contribution in [2.75, 3.05) is 7.05 Å². The summed E-state index contributed by atoms with van der Waals surface area (Å²) in [5, 5.41) is 7.94. The Morgan fingerprint density at radius 1 is 1.47 bits per heavy atom. The number of nitrogens with zero attached hydrogens (tertiary/aromatic N) is 2. The summed E-state index contributed by atoms with van der Waals surface area (Å²) in [7, 11) is 1.82. The lowest BCUT2D eigenvalue weighted by Gasteiger charge is -2.16. The molecule has 1 aromatic rings. The number of aromatic nitrogens is 1. The summed E-state index contributed by atoms with van der Waals surface area (Å²) in [6.45, 7) is 2.92. The highest BCUT2D eigenvalue weighted by Gasteiger charge is 2.15. The number of aryl methyl sites for hydroxylation is 1. The van der Waals surface area contributed by atoms with E-state index in [4.69, 9.17) is 0 Å². The van der Waals surface area contributed by atoms with E-state index < -0.39 is 0 Å². The Morgan fingerprint density at radius 2 is 2.21 bits per heavy atom. The molecule has 2 N–H and O–H groups in total. The minimum Gasteiger partial charge on any atom is -0.354 e. The van der Waals surface area contributed by atoms with Crippen LogP contribution in [0.4, 0.5) is 0 Å². The molecule has 108 valence electrons. The van der Waals surface area contributed by atoms with Crippen LogP contribution in [0.1, 0.15) is 42.5 Å².